The van der Waals surface area contributed by atoms with Crippen molar-refractivity contribution in [3.63, 3.8) is 0 Å². The highest BCUT2D eigenvalue weighted by molar-refractivity contribution is 7.92. The molecule has 116 valence electrons. The van der Waals surface area contributed by atoms with E-state index in [9.17, 15) is 13.2 Å². The summed E-state index contributed by atoms with van der Waals surface area (Å²) in [6, 6.07) is 6.54. The average Bonchev–Trinajstić information content (AvgIpc) is 2.43. The smallest absolute Gasteiger partial charge is 0.258 e. The van der Waals surface area contributed by atoms with Crippen molar-refractivity contribution in [1.29, 1.82) is 0 Å². The van der Waals surface area contributed by atoms with Crippen molar-refractivity contribution in [1.82, 2.24) is 5.32 Å². The Kier molecular flexibility index (Phi) is 6.23. The van der Waals surface area contributed by atoms with Crippen LogP contribution in [0.5, 0.6) is 5.75 Å². The minimum absolute atomic E-state index is 0.100. The first kappa shape index (κ1) is 17.0. The Morgan fingerprint density at radius 3 is 2.48 bits per heavy atom. The molecule has 0 atom stereocenters. The average molecular weight is 312 g/mol. The van der Waals surface area contributed by atoms with Gasteiger partial charge in [0.05, 0.1) is 11.9 Å². The number of nitrogens with zero attached hydrogens (tertiary/aromatic N) is 1. The van der Waals surface area contributed by atoms with Crippen molar-refractivity contribution in [3.8, 4) is 5.75 Å². The number of benzene rings is 1. The van der Waals surface area contributed by atoms with Gasteiger partial charge in [0.25, 0.3) is 5.91 Å². The largest absolute Gasteiger partial charge is 0.484 e. The van der Waals surface area contributed by atoms with Crippen LogP contribution in [0.15, 0.2) is 36.9 Å². The van der Waals surface area contributed by atoms with Gasteiger partial charge in [-0.3, -0.25) is 9.10 Å². The molecule has 0 aliphatic carbocycles. The number of rotatable bonds is 8. The molecule has 7 heteroatoms. The first-order chi connectivity index (χ1) is 9.88. The highest BCUT2D eigenvalue weighted by Crippen LogP contribution is 2.21. The van der Waals surface area contributed by atoms with Crippen LogP contribution in [0.1, 0.15) is 6.92 Å². The van der Waals surface area contributed by atoms with Crippen LogP contribution < -0.4 is 14.4 Å². The minimum atomic E-state index is -3.30. The zero-order valence-electron chi connectivity index (χ0n) is 12.2. The van der Waals surface area contributed by atoms with Gasteiger partial charge in [0.2, 0.25) is 10.0 Å². The molecule has 1 amide bonds. The lowest BCUT2D eigenvalue weighted by atomic mass is 10.3. The molecule has 0 spiro atoms. The van der Waals surface area contributed by atoms with Crippen molar-refractivity contribution >= 4 is 21.6 Å². The van der Waals surface area contributed by atoms with Gasteiger partial charge in [-0.1, -0.05) is 6.08 Å². The summed E-state index contributed by atoms with van der Waals surface area (Å²) >= 11 is 0. The van der Waals surface area contributed by atoms with E-state index in [2.05, 4.69) is 11.9 Å². The summed E-state index contributed by atoms with van der Waals surface area (Å²) < 4.78 is 29.8. The van der Waals surface area contributed by atoms with Gasteiger partial charge in [0.15, 0.2) is 6.61 Å². The monoisotopic (exact) mass is 312 g/mol. The maximum atomic E-state index is 11.6. The third-order valence-corrected chi connectivity index (χ3v) is 3.90. The van der Waals surface area contributed by atoms with Crippen molar-refractivity contribution in [2.75, 3.05) is 30.3 Å². The molecule has 0 radical (unpaired) electrons. The summed E-state index contributed by atoms with van der Waals surface area (Å²) in [5, 5.41) is 2.59. The zero-order chi connectivity index (χ0) is 15.9. The normalized spacial score (nSPS) is 10.8. The van der Waals surface area contributed by atoms with E-state index in [0.717, 1.165) is 6.26 Å². The molecule has 0 aliphatic rings. The second-order valence-electron chi connectivity index (χ2n) is 4.30. The Balaban J connectivity index is 2.66. The first-order valence-corrected chi connectivity index (χ1v) is 8.31. The molecule has 0 saturated carbocycles. The fourth-order valence-electron chi connectivity index (χ4n) is 1.70. The fraction of sp³-hybridized carbons (Fsp3) is 0.357. The van der Waals surface area contributed by atoms with E-state index in [1.807, 2.05) is 0 Å². The van der Waals surface area contributed by atoms with Gasteiger partial charge in [0.1, 0.15) is 5.75 Å². The number of ether oxygens (including phenoxy) is 1. The molecule has 21 heavy (non-hydrogen) atoms. The van der Waals surface area contributed by atoms with E-state index in [0.29, 0.717) is 24.5 Å². The van der Waals surface area contributed by atoms with Crippen LogP contribution in [0.3, 0.4) is 0 Å². The molecule has 1 aromatic rings. The zero-order valence-corrected chi connectivity index (χ0v) is 13.0. The molecule has 0 aromatic heterocycles. The molecule has 6 nitrogen and oxygen atoms in total. The van der Waals surface area contributed by atoms with E-state index < -0.39 is 10.0 Å². The Hall–Kier alpha value is -2.02. The van der Waals surface area contributed by atoms with E-state index in [4.69, 9.17) is 4.74 Å². The third-order valence-electron chi connectivity index (χ3n) is 2.63. The summed E-state index contributed by atoms with van der Waals surface area (Å²) in [4.78, 5) is 11.4. The van der Waals surface area contributed by atoms with Gasteiger partial charge in [-0.05, 0) is 31.2 Å². The lowest BCUT2D eigenvalue weighted by Crippen LogP contribution is -2.29. The number of anilines is 1. The lowest BCUT2D eigenvalue weighted by molar-refractivity contribution is -0.122. The van der Waals surface area contributed by atoms with Gasteiger partial charge >= 0.3 is 0 Å². The predicted molar refractivity (Wildman–Crippen MR) is 83.0 cm³/mol. The summed E-state index contributed by atoms with van der Waals surface area (Å²) in [6.45, 7) is 5.89. The molecule has 1 rings (SSSR count). The molecule has 1 aromatic carbocycles. The highest BCUT2D eigenvalue weighted by Gasteiger charge is 2.14. The van der Waals surface area contributed by atoms with Crippen LogP contribution in [0.4, 0.5) is 5.69 Å². The van der Waals surface area contributed by atoms with Crippen molar-refractivity contribution < 1.29 is 17.9 Å². The summed E-state index contributed by atoms with van der Waals surface area (Å²) in [5.74, 6) is 0.252. The molecule has 0 heterocycles. The second-order valence-corrected chi connectivity index (χ2v) is 6.21. The molecule has 0 unspecified atom stereocenters. The first-order valence-electron chi connectivity index (χ1n) is 6.46. The number of carbonyl (C=O) groups excluding carboxylic acids is 1. The maximum Gasteiger partial charge on any atom is 0.258 e. The third kappa shape index (κ3) is 5.47. The number of hydrogen-bond acceptors (Lipinski definition) is 4. The Bertz CT molecular complexity index is 581. The van der Waals surface area contributed by atoms with Crippen molar-refractivity contribution in [2.24, 2.45) is 0 Å². The molecule has 0 aliphatic heterocycles. The quantitative estimate of drug-likeness (QED) is 0.731. The standard InChI is InChI=1S/C14H20N2O4S/c1-4-10-15-14(17)11-20-13-8-6-12(7-9-13)16(5-2)21(3,18)19/h4,6-9H,1,5,10-11H2,2-3H3,(H,15,17). The number of amides is 1. The van der Waals surface area contributed by atoms with Crippen molar-refractivity contribution in [3.05, 3.63) is 36.9 Å². The van der Waals surface area contributed by atoms with Gasteiger partial charge in [-0.25, -0.2) is 8.42 Å². The summed E-state index contributed by atoms with van der Waals surface area (Å²) in [6.07, 6.45) is 2.74. The van der Waals surface area contributed by atoms with Crippen LogP contribution in [-0.4, -0.2) is 40.3 Å². The molecule has 1 N–H and O–H groups in total. The minimum Gasteiger partial charge on any atom is -0.484 e. The lowest BCUT2D eigenvalue weighted by Gasteiger charge is -2.20. The molecule has 0 fully saturated rings. The number of nitrogens with one attached hydrogen (secondary N) is 1. The topological polar surface area (TPSA) is 75.7 Å². The molecular formula is C14H20N2O4S. The Morgan fingerprint density at radius 2 is 2.00 bits per heavy atom. The van der Waals surface area contributed by atoms with Gasteiger partial charge in [-0.15, -0.1) is 6.58 Å². The van der Waals surface area contributed by atoms with Crippen LogP contribution in [0.2, 0.25) is 0 Å². The SMILES string of the molecule is C=CCNC(=O)COc1ccc(N(CC)S(C)(=O)=O)cc1. The van der Waals surface area contributed by atoms with E-state index in [1.54, 1.807) is 37.3 Å². The molecule has 0 saturated heterocycles. The van der Waals surface area contributed by atoms with E-state index >= 15 is 0 Å². The number of carbonyl (C=O) groups is 1. The fourth-order valence-corrected chi connectivity index (χ4v) is 2.68. The maximum absolute atomic E-state index is 11.6. The Labute approximate surface area is 125 Å². The molecular weight excluding hydrogens is 292 g/mol. The van der Waals surface area contributed by atoms with Crippen LogP contribution in [0, 0.1) is 0 Å². The summed E-state index contributed by atoms with van der Waals surface area (Å²) in [5.41, 5.74) is 0.559. The van der Waals surface area contributed by atoms with Gasteiger partial charge < -0.3 is 10.1 Å². The highest BCUT2D eigenvalue weighted by atomic mass is 32.2. The summed E-state index contributed by atoms with van der Waals surface area (Å²) in [7, 11) is -3.30. The number of hydrogen-bond donors (Lipinski definition) is 1. The van der Waals surface area contributed by atoms with Gasteiger partial charge in [0, 0.05) is 13.1 Å². The van der Waals surface area contributed by atoms with Gasteiger partial charge in [-0.2, -0.15) is 0 Å². The number of sulfonamides is 1. The van der Waals surface area contributed by atoms with Crippen LogP contribution >= 0.6 is 0 Å². The second kappa shape index (κ2) is 7.68. The van der Waals surface area contributed by atoms with Crippen LogP contribution in [-0.2, 0) is 14.8 Å². The molecule has 0 bridgehead atoms. The van der Waals surface area contributed by atoms with Crippen molar-refractivity contribution in [2.45, 2.75) is 6.92 Å². The van der Waals surface area contributed by atoms with E-state index in [-0.39, 0.29) is 12.5 Å². The Morgan fingerprint density at radius 1 is 1.38 bits per heavy atom. The van der Waals surface area contributed by atoms with Crippen LogP contribution in [0.25, 0.3) is 0 Å². The predicted octanol–water partition coefficient (Wildman–Crippen LogP) is 1.15. The van der Waals surface area contributed by atoms with E-state index in [1.165, 1.54) is 4.31 Å².